The first-order valence-electron chi connectivity index (χ1n) is 18.4. The summed E-state index contributed by atoms with van der Waals surface area (Å²) >= 11 is 1.47. The number of thioether (sulfide) groups is 1. The van der Waals surface area contributed by atoms with E-state index in [1.165, 1.54) is 11.8 Å². The zero-order valence-corrected chi connectivity index (χ0v) is 31.3. The Morgan fingerprint density at radius 3 is 2.15 bits per heavy atom. The van der Waals surface area contributed by atoms with Crippen molar-refractivity contribution in [3.63, 3.8) is 0 Å². The second kappa shape index (κ2) is 18.0. The van der Waals surface area contributed by atoms with Crippen molar-refractivity contribution in [3.05, 3.63) is 119 Å². The number of amides is 5. The Balaban J connectivity index is 0.932. The molecule has 5 amide bonds. The SMILES string of the molecule is CCC(=C(c1ccc(O)cc1)c1ccc(OCCNC(=O)CCCCCSc2cccc3c2C(=O)N(C2CCC(=O)NC2=O)C3=O)cc1)c1ccc(O)cc1. The predicted octanol–water partition coefficient (Wildman–Crippen LogP) is 6.72. The molecule has 0 bridgehead atoms. The quantitative estimate of drug-likeness (QED) is 0.0421. The molecule has 12 heteroatoms. The van der Waals surface area contributed by atoms with Crippen LogP contribution in [0.3, 0.4) is 0 Å². The molecule has 0 aromatic heterocycles. The molecular formula is C43H43N3O8S. The highest BCUT2D eigenvalue weighted by Crippen LogP contribution is 2.37. The van der Waals surface area contributed by atoms with E-state index in [0.29, 0.717) is 48.0 Å². The normalized spacial score (nSPS) is 15.7. The van der Waals surface area contributed by atoms with E-state index in [4.69, 9.17) is 4.74 Å². The molecule has 4 aromatic carbocycles. The summed E-state index contributed by atoms with van der Waals surface area (Å²) in [5, 5.41) is 24.9. The number of ether oxygens (including phenoxy) is 1. The van der Waals surface area contributed by atoms with Crippen LogP contribution in [0, 0.1) is 0 Å². The summed E-state index contributed by atoms with van der Waals surface area (Å²) in [6, 6.07) is 26.1. The number of imide groups is 2. The molecule has 0 radical (unpaired) electrons. The molecule has 1 atom stereocenters. The Kier molecular flexibility index (Phi) is 12.7. The number of hydrogen-bond acceptors (Lipinski definition) is 9. The smallest absolute Gasteiger partial charge is 0.263 e. The van der Waals surface area contributed by atoms with Crippen LogP contribution in [0.15, 0.2) is 95.9 Å². The molecular weight excluding hydrogens is 719 g/mol. The maximum absolute atomic E-state index is 13.3. The number of allylic oxidation sites excluding steroid dienone is 1. The summed E-state index contributed by atoms with van der Waals surface area (Å²) < 4.78 is 5.92. The minimum atomic E-state index is -1.00. The maximum Gasteiger partial charge on any atom is 0.263 e. The van der Waals surface area contributed by atoms with Gasteiger partial charge in [0.1, 0.15) is 29.9 Å². The molecule has 55 heavy (non-hydrogen) atoms. The molecule has 2 aliphatic heterocycles. The monoisotopic (exact) mass is 761 g/mol. The number of benzene rings is 4. The van der Waals surface area contributed by atoms with Gasteiger partial charge in [-0.3, -0.25) is 34.2 Å². The van der Waals surface area contributed by atoms with E-state index >= 15 is 0 Å². The van der Waals surface area contributed by atoms with Crippen molar-refractivity contribution in [3.8, 4) is 17.2 Å². The van der Waals surface area contributed by atoms with Gasteiger partial charge >= 0.3 is 0 Å². The second-order valence-electron chi connectivity index (χ2n) is 13.3. The summed E-state index contributed by atoms with van der Waals surface area (Å²) in [7, 11) is 0. The van der Waals surface area contributed by atoms with Crippen LogP contribution < -0.4 is 15.4 Å². The number of unbranched alkanes of at least 4 members (excludes halogenated alkanes) is 2. The topological polar surface area (TPSA) is 162 Å². The number of rotatable bonds is 16. The van der Waals surface area contributed by atoms with Crippen LogP contribution in [-0.4, -0.2) is 69.6 Å². The number of hydrogen-bond donors (Lipinski definition) is 4. The molecule has 284 valence electrons. The van der Waals surface area contributed by atoms with Crippen LogP contribution in [0.5, 0.6) is 17.2 Å². The highest BCUT2D eigenvalue weighted by Gasteiger charge is 2.45. The van der Waals surface area contributed by atoms with E-state index in [-0.39, 0.29) is 35.8 Å². The van der Waals surface area contributed by atoms with Crippen LogP contribution in [0.25, 0.3) is 11.1 Å². The highest BCUT2D eigenvalue weighted by molar-refractivity contribution is 7.99. The summed E-state index contributed by atoms with van der Waals surface area (Å²) in [5.41, 5.74) is 5.59. The zero-order chi connectivity index (χ0) is 38.9. The van der Waals surface area contributed by atoms with Crippen molar-refractivity contribution < 1.29 is 38.9 Å². The fraction of sp³-hybridized carbons (Fsp3) is 0.279. The van der Waals surface area contributed by atoms with Crippen molar-refractivity contribution in [2.24, 2.45) is 0 Å². The number of nitrogens with zero attached hydrogens (tertiary/aromatic N) is 1. The molecule has 2 aliphatic rings. The molecule has 4 aromatic rings. The van der Waals surface area contributed by atoms with Crippen molar-refractivity contribution in [2.75, 3.05) is 18.9 Å². The van der Waals surface area contributed by atoms with Crippen LogP contribution in [0.2, 0.25) is 0 Å². The number of piperidine rings is 1. The number of nitrogens with one attached hydrogen (secondary N) is 2. The van der Waals surface area contributed by atoms with E-state index in [1.807, 2.05) is 48.5 Å². The van der Waals surface area contributed by atoms with Gasteiger partial charge in [-0.2, -0.15) is 0 Å². The average molecular weight is 762 g/mol. The summed E-state index contributed by atoms with van der Waals surface area (Å²) in [6.45, 7) is 2.75. The molecule has 2 heterocycles. The van der Waals surface area contributed by atoms with E-state index in [2.05, 4.69) is 17.6 Å². The summed E-state index contributed by atoms with van der Waals surface area (Å²) in [6.07, 6.45) is 3.61. The molecule has 1 unspecified atom stereocenters. The standard InChI is InChI=1S/C43H43N3O8S/c1-2-33(27-10-16-30(47)17-11-27)39(28-12-18-31(48)19-13-28)29-14-20-32(21-15-29)54-25-24-44-37(49)9-4-3-5-26-55-36-8-6-7-34-40(36)43(53)46(42(34)52)35-22-23-38(50)45-41(35)51/h6-8,10-21,35,47-48H,2-5,9,22-26H2,1H3,(H,44,49)(H,45,50,51). The molecule has 0 aliphatic carbocycles. The van der Waals surface area contributed by atoms with Crippen LogP contribution in [-0.2, 0) is 14.4 Å². The number of phenols is 2. The number of aromatic hydroxyl groups is 2. The van der Waals surface area contributed by atoms with E-state index in [9.17, 15) is 34.2 Å². The lowest BCUT2D eigenvalue weighted by molar-refractivity contribution is -0.136. The van der Waals surface area contributed by atoms with Gasteiger partial charge in [0.25, 0.3) is 11.8 Å². The van der Waals surface area contributed by atoms with Gasteiger partial charge < -0.3 is 20.3 Å². The first kappa shape index (κ1) is 38.8. The third-order valence-corrected chi connectivity index (χ3v) is 10.7. The maximum atomic E-state index is 13.3. The Labute approximate surface area is 323 Å². The van der Waals surface area contributed by atoms with Gasteiger partial charge in [0.05, 0.1) is 17.7 Å². The Morgan fingerprint density at radius 1 is 0.836 bits per heavy atom. The van der Waals surface area contributed by atoms with E-state index < -0.39 is 29.7 Å². The number of fused-ring (bicyclic) bond motifs is 1. The largest absolute Gasteiger partial charge is 0.508 e. The van der Waals surface area contributed by atoms with Crippen molar-refractivity contribution in [1.29, 1.82) is 0 Å². The second-order valence-corrected chi connectivity index (χ2v) is 14.4. The van der Waals surface area contributed by atoms with Crippen LogP contribution >= 0.6 is 11.8 Å². The first-order chi connectivity index (χ1) is 26.6. The van der Waals surface area contributed by atoms with Crippen molar-refractivity contribution >= 4 is 52.4 Å². The van der Waals surface area contributed by atoms with Gasteiger partial charge in [0, 0.05) is 17.7 Å². The van der Waals surface area contributed by atoms with Crippen LogP contribution in [0.1, 0.15) is 89.3 Å². The molecule has 0 saturated carbocycles. The number of phenolic OH excluding ortho intramolecular Hbond substituents is 2. The highest BCUT2D eigenvalue weighted by atomic mass is 32.2. The molecule has 1 saturated heterocycles. The zero-order valence-electron chi connectivity index (χ0n) is 30.5. The van der Waals surface area contributed by atoms with Gasteiger partial charge in [-0.15, -0.1) is 11.8 Å². The van der Waals surface area contributed by atoms with Gasteiger partial charge in [-0.25, -0.2) is 0 Å². The van der Waals surface area contributed by atoms with Gasteiger partial charge in [0.15, 0.2) is 0 Å². The van der Waals surface area contributed by atoms with E-state index in [0.717, 1.165) is 52.0 Å². The lowest BCUT2D eigenvalue weighted by Crippen LogP contribution is -2.54. The minimum absolute atomic E-state index is 0.0601. The van der Waals surface area contributed by atoms with Gasteiger partial charge in [0.2, 0.25) is 17.7 Å². The lowest BCUT2D eigenvalue weighted by atomic mass is 9.88. The molecule has 11 nitrogen and oxygen atoms in total. The van der Waals surface area contributed by atoms with Crippen molar-refractivity contribution in [2.45, 2.75) is 62.8 Å². The van der Waals surface area contributed by atoms with Crippen LogP contribution in [0.4, 0.5) is 0 Å². The third kappa shape index (κ3) is 9.26. The molecule has 6 rings (SSSR count). The predicted molar refractivity (Wildman–Crippen MR) is 210 cm³/mol. The fourth-order valence-electron chi connectivity index (χ4n) is 6.85. The number of carbonyl (C=O) groups excluding carboxylic acids is 5. The number of carbonyl (C=O) groups is 5. The fourth-order valence-corrected chi connectivity index (χ4v) is 7.93. The van der Waals surface area contributed by atoms with E-state index in [1.54, 1.807) is 42.5 Å². The Hall–Kier alpha value is -5.88. The molecule has 0 spiro atoms. The first-order valence-corrected chi connectivity index (χ1v) is 19.4. The van der Waals surface area contributed by atoms with Gasteiger partial charge in [-0.05, 0) is 108 Å². The molecule has 4 N–H and O–H groups in total. The lowest BCUT2D eigenvalue weighted by Gasteiger charge is -2.27. The summed E-state index contributed by atoms with van der Waals surface area (Å²) in [4.78, 5) is 64.4. The minimum Gasteiger partial charge on any atom is -0.508 e. The van der Waals surface area contributed by atoms with Crippen molar-refractivity contribution in [1.82, 2.24) is 15.5 Å². The van der Waals surface area contributed by atoms with Gasteiger partial charge in [-0.1, -0.05) is 55.8 Å². The molecule has 1 fully saturated rings. The summed E-state index contributed by atoms with van der Waals surface area (Å²) in [5.74, 6) is -0.398. The third-order valence-electron chi connectivity index (χ3n) is 9.60. The average Bonchev–Trinajstić information content (AvgIpc) is 3.44. The Bertz CT molecular complexity index is 2100. The Morgan fingerprint density at radius 2 is 1.49 bits per heavy atom.